The maximum absolute atomic E-state index is 14.6. The van der Waals surface area contributed by atoms with Crippen LogP contribution in [-0.4, -0.2) is 30.9 Å². The number of barbiturate groups is 1. The van der Waals surface area contributed by atoms with Crippen molar-refractivity contribution in [3.63, 3.8) is 0 Å². The van der Waals surface area contributed by atoms with Gasteiger partial charge in [-0.3, -0.25) is 14.9 Å². The van der Waals surface area contributed by atoms with Gasteiger partial charge in [0, 0.05) is 13.1 Å². The number of anilines is 2. The number of urea groups is 1. The van der Waals surface area contributed by atoms with Crippen molar-refractivity contribution in [1.82, 2.24) is 5.32 Å². The summed E-state index contributed by atoms with van der Waals surface area (Å²) in [6, 6.07) is 10.8. The van der Waals surface area contributed by atoms with E-state index in [2.05, 4.69) is 5.32 Å². The Bertz CT molecular complexity index is 1040. The quantitative estimate of drug-likeness (QED) is 0.620. The first-order valence-electron chi connectivity index (χ1n) is 10.0. The molecule has 2 saturated heterocycles. The Morgan fingerprint density at radius 2 is 1.73 bits per heavy atom. The van der Waals surface area contributed by atoms with Crippen molar-refractivity contribution in [1.29, 1.82) is 0 Å². The van der Waals surface area contributed by atoms with Crippen molar-refractivity contribution in [2.75, 3.05) is 22.9 Å². The van der Waals surface area contributed by atoms with Gasteiger partial charge in [0.1, 0.15) is 11.4 Å². The molecule has 0 spiro atoms. The van der Waals surface area contributed by atoms with Gasteiger partial charge in [0.05, 0.1) is 11.4 Å². The monoisotopic (exact) mass is 407 g/mol. The molecule has 2 aliphatic rings. The van der Waals surface area contributed by atoms with Crippen molar-refractivity contribution < 1.29 is 18.8 Å². The summed E-state index contributed by atoms with van der Waals surface area (Å²) in [5.74, 6) is -1.94. The molecule has 1 N–H and O–H groups in total. The first kappa shape index (κ1) is 19.8. The van der Waals surface area contributed by atoms with Gasteiger partial charge in [0.15, 0.2) is 0 Å². The van der Waals surface area contributed by atoms with E-state index in [1.54, 1.807) is 24.3 Å². The number of carbonyl (C=O) groups excluding carboxylic acids is 3. The lowest BCUT2D eigenvalue weighted by molar-refractivity contribution is -0.122. The smallest absolute Gasteiger partial charge is 0.335 e. The third-order valence-corrected chi connectivity index (χ3v) is 5.43. The van der Waals surface area contributed by atoms with Crippen molar-refractivity contribution >= 4 is 35.3 Å². The molecule has 0 unspecified atom stereocenters. The van der Waals surface area contributed by atoms with E-state index in [1.165, 1.54) is 12.1 Å². The van der Waals surface area contributed by atoms with Gasteiger partial charge in [-0.1, -0.05) is 25.1 Å². The summed E-state index contributed by atoms with van der Waals surface area (Å²) in [7, 11) is 0. The van der Waals surface area contributed by atoms with Gasteiger partial charge in [-0.2, -0.15) is 0 Å². The average Bonchev–Trinajstić information content (AvgIpc) is 3.26. The molecule has 7 heteroatoms. The van der Waals surface area contributed by atoms with E-state index in [0.717, 1.165) is 42.8 Å². The number of hydrogen-bond acceptors (Lipinski definition) is 4. The predicted octanol–water partition coefficient (Wildman–Crippen LogP) is 3.65. The second-order valence-electron chi connectivity index (χ2n) is 7.38. The molecule has 6 nitrogen and oxygen atoms in total. The number of carbonyl (C=O) groups is 3. The standard InChI is InChI=1S/C23H22FN3O3/c1-2-15-5-8-17(9-6-15)27-22(29)18(21(28)25-23(27)30)13-16-7-10-20(19(24)14-16)26-11-3-4-12-26/h5-10,13-14H,2-4,11-12H2,1H3,(H,25,28,30)/b18-13+. The molecule has 2 aromatic rings. The Morgan fingerprint density at radius 1 is 1.03 bits per heavy atom. The molecule has 0 radical (unpaired) electrons. The number of benzene rings is 2. The van der Waals surface area contributed by atoms with Gasteiger partial charge in [0.2, 0.25) is 0 Å². The van der Waals surface area contributed by atoms with Crippen LogP contribution in [0.1, 0.15) is 30.9 Å². The maximum Gasteiger partial charge on any atom is 0.335 e. The third kappa shape index (κ3) is 3.70. The fourth-order valence-corrected chi connectivity index (χ4v) is 3.77. The number of amides is 4. The number of nitrogens with one attached hydrogen (secondary N) is 1. The minimum absolute atomic E-state index is 0.220. The van der Waals surface area contributed by atoms with Crippen LogP contribution in [-0.2, 0) is 16.0 Å². The Labute approximate surface area is 174 Å². The fraction of sp³-hybridized carbons (Fsp3) is 0.261. The number of halogens is 1. The highest BCUT2D eigenvalue weighted by molar-refractivity contribution is 6.39. The second-order valence-corrected chi connectivity index (χ2v) is 7.38. The molecule has 2 heterocycles. The average molecular weight is 407 g/mol. The van der Waals surface area contributed by atoms with Gasteiger partial charge < -0.3 is 4.90 Å². The molecule has 4 rings (SSSR count). The predicted molar refractivity (Wildman–Crippen MR) is 113 cm³/mol. The van der Waals surface area contributed by atoms with Crippen LogP contribution in [0.5, 0.6) is 0 Å². The fourth-order valence-electron chi connectivity index (χ4n) is 3.77. The summed E-state index contributed by atoms with van der Waals surface area (Å²) in [6.45, 7) is 3.62. The van der Waals surface area contributed by atoms with Gasteiger partial charge in [-0.05, 0) is 60.7 Å². The van der Waals surface area contributed by atoms with Gasteiger partial charge >= 0.3 is 6.03 Å². The van der Waals surface area contributed by atoms with Crippen LogP contribution in [0.2, 0.25) is 0 Å². The van der Waals surface area contributed by atoms with E-state index >= 15 is 0 Å². The van der Waals surface area contributed by atoms with Crippen molar-refractivity contribution in [2.24, 2.45) is 0 Å². The molecular formula is C23H22FN3O3. The van der Waals surface area contributed by atoms with Crippen LogP contribution in [0.4, 0.5) is 20.6 Å². The van der Waals surface area contributed by atoms with Crippen LogP contribution in [0, 0.1) is 5.82 Å². The summed E-state index contributed by atoms with van der Waals surface area (Å²) in [5.41, 5.74) is 2.10. The number of imide groups is 2. The van der Waals surface area contributed by atoms with E-state index in [0.29, 0.717) is 16.9 Å². The highest BCUT2D eigenvalue weighted by Crippen LogP contribution is 2.27. The van der Waals surface area contributed by atoms with Crippen LogP contribution < -0.4 is 15.1 Å². The minimum atomic E-state index is -0.804. The summed E-state index contributed by atoms with van der Waals surface area (Å²) in [6.07, 6.45) is 4.20. The highest BCUT2D eigenvalue weighted by atomic mass is 19.1. The molecule has 0 atom stereocenters. The molecule has 2 aliphatic heterocycles. The first-order chi connectivity index (χ1) is 14.5. The molecule has 4 amide bonds. The normalized spacial score (nSPS) is 18.3. The molecule has 30 heavy (non-hydrogen) atoms. The van der Waals surface area contributed by atoms with Crippen LogP contribution in [0.25, 0.3) is 6.08 Å². The molecule has 0 bridgehead atoms. The van der Waals surface area contributed by atoms with Crippen LogP contribution >= 0.6 is 0 Å². The Balaban J connectivity index is 1.64. The van der Waals surface area contributed by atoms with E-state index < -0.39 is 23.7 Å². The zero-order valence-electron chi connectivity index (χ0n) is 16.7. The summed E-state index contributed by atoms with van der Waals surface area (Å²) < 4.78 is 14.6. The maximum atomic E-state index is 14.6. The summed E-state index contributed by atoms with van der Waals surface area (Å²) in [5, 5.41) is 2.18. The molecule has 154 valence electrons. The molecule has 0 aliphatic carbocycles. The lowest BCUT2D eigenvalue weighted by Gasteiger charge is -2.26. The first-order valence-corrected chi connectivity index (χ1v) is 10.0. The molecule has 2 aromatic carbocycles. The Kier molecular flexibility index (Phi) is 5.35. The van der Waals surface area contributed by atoms with E-state index in [1.807, 2.05) is 24.0 Å². The van der Waals surface area contributed by atoms with Gasteiger partial charge in [-0.25, -0.2) is 14.1 Å². The Hall–Kier alpha value is -3.48. The number of nitrogens with zero attached hydrogens (tertiary/aromatic N) is 2. The zero-order chi connectivity index (χ0) is 21.3. The highest BCUT2D eigenvalue weighted by Gasteiger charge is 2.36. The second kappa shape index (κ2) is 8.10. The third-order valence-electron chi connectivity index (χ3n) is 5.43. The summed E-state index contributed by atoms with van der Waals surface area (Å²) in [4.78, 5) is 40.4. The Morgan fingerprint density at radius 3 is 2.37 bits per heavy atom. The van der Waals surface area contributed by atoms with Crippen LogP contribution in [0.15, 0.2) is 48.0 Å². The molecule has 2 fully saturated rings. The van der Waals surface area contributed by atoms with E-state index in [-0.39, 0.29) is 5.57 Å². The number of rotatable bonds is 4. The topological polar surface area (TPSA) is 69.7 Å². The lowest BCUT2D eigenvalue weighted by atomic mass is 10.1. The van der Waals surface area contributed by atoms with E-state index in [9.17, 15) is 18.8 Å². The zero-order valence-corrected chi connectivity index (χ0v) is 16.7. The van der Waals surface area contributed by atoms with Gasteiger partial charge in [0.25, 0.3) is 11.8 Å². The largest absolute Gasteiger partial charge is 0.369 e. The molecule has 0 aromatic heterocycles. The lowest BCUT2D eigenvalue weighted by Crippen LogP contribution is -2.54. The molecular weight excluding hydrogens is 385 g/mol. The van der Waals surface area contributed by atoms with E-state index in [4.69, 9.17) is 0 Å². The SMILES string of the molecule is CCc1ccc(N2C(=O)NC(=O)/C(=C\c3ccc(N4CCCC4)c(F)c3)C2=O)cc1. The molecule has 0 saturated carbocycles. The van der Waals surface area contributed by atoms with Crippen LogP contribution in [0.3, 0.4) is 0 Å². The van der Waals surface area contributed by atoms with Gasteiger partial charge in [-0.15, -0.1) is 0 Å². The van der Waals surface area contributed by atoms with Crippen molar-refractivity contribution in [3.8, 4) is 0 Å². The summed E-state index contributed by atoms with van der Waals surface area (Å²) >= 11 is 0. The minimum Gasteiger partial charge on any atom is -0.369 e. The number of aryl methyl sites for hydroxylation is 1. The van der Waals surface area contributed by atoms with Crippen molar-refractivity contribution in [2.45, 2.75) is 26.2 Å². The number of hydrogen-bond donors (Lipinski definition) is 1. The van der Waals surface area contributed by atoms with Crippen molar-refractivity contribution in [3.05, 3.63) is 65.0 Å².